The van der Waals surface area contributed by atoms with Crippen LogP contribution in [0.3, 0.4) is 0 Å². The lowest BCUT2D eigenvalue weighted by Crippen LogP contribution is -2.41. The maximum Gasteiger partial charge on any atom is 0.0960 e. The Morgan fingerprint density at radius 1 is 1.46 bits per heavy atom. The molecule has 1 fully saturated rings. The van der Waals surface area contributed by atoms with E-state index in [1.54, 1.807) is 0 Å². The molecule has 1 saturated heterocycles. The molecule has 0 spiro atoms. The quantitative estimate of drug-likeness (QED) is 0.711. The third-order valence-corrected chi connectivity index (χ3v) is 2.92. The van der Waals surface area contributed by atoms with Gasteiger partial charge in [-0.3, -0.25) is 5.41 Å². The second-order valence-corrected chi connectivity index (χ2v) is 4.09. The van der Waals surface area contributed by atoms with Crippen LogP contribution >= 0.6 is 0 Å². The van der Waals surface area contributed by atoms with E-state index in [9.17, 15) is 0 Å². The van der Waals surface area contributed by atoms with Gasteiger partial charge in [0.05, 0.1) is 5.84 Å². The monoisotopic (exact) mass is 182 g/mol. The van der Waals surface area contributed by atoms with Crippen LogP contribution in [-0.4, -0.2) is 23.3 Å². The fraction of sp³-hybridized carbons (Fsp3) is 0.909. The zero-order valence-electron chi connectivity index (χ0n) is 8.97. The van der Waals surface area contributed by atoms with Gasteiger partial charge in [-0.1, -0.05) is 19.8 Å². The predicted molar refractivity (Wildman–Crippen MR) is 57.3 cm³/mol. The number of piperidine rings is 1. The molecule has 1 aliphatic heterocycles. The van der Waals surface area contributed by atoms with Gasteiger partial charge in [-0.25, -0.2) is 0 Å². The lowest BCUT2D eigenvalue weighted by atomic mass is 10.0. The summed E-state index contributed by atoms with van der Waals surface area (Å²) in [5, 5.41) is 7.84. The highest BCUT2D eigenvalue weighted by molar-refractivity contribution is 5.80. The van der Waals surface area contributed by atoms with Gasteiger partial charge in [-0.2, -0.15) is 0 Å². The first-order valence-corrected chi connectivity index (χ1v) is 5.59. The number of unbranched alkanes of at least 4 members (excludes halogenated alkanes) is 1. The molecular weight excluding hydrogens is 160 g/mol. The lowest BCUT2D eigenvalue weighted by molar-refractivity contribution is 0.278. The summed E-state index contributed by atoms with van der Waals surface area (Å²) >= 11 is 0. The minimum atomic E-state index is 0.591. The average Bonchev–Trinajstić information content (AvgIpc) is 2.15. The Balaban J connectivity index is 2.34. The van der Waals surface area contributed by atoms with Crippen molar-refractivity contribution < 1.29 is 0 Å². The summed E-state index contributed by atoms with van der Waals surface area (Å²) in [6.07, 6.45) is 7.31. The minimum Gasteiger partial charge on any atom is -0.358 e. The minimum absolute atomic E-state index is 0.591. The molecule has 0 bridgehead atoms. The molecule has 13 heavy (non-hydrogen) atoms. The summed E-state index contributed by atoms with van der Waals surface area (Å²) in [6, 6.07) is 0.591. The van der Waals surface area contributed by atoms with Crippen molar-refractivity contribution >= 4 is 5.84 Å². The van der Waals surface area contributed by atoms with Crippen LogP contribution in [-0.2, 0) is 0 Å². The maximum absolute atomic E-state index is 7.84. The van der Waals surface area contributed by atoms with Gasteiger partial charge in [-0.05, 0) is 26.2 Å². The highest BCUT2D eigenvalue weighted by Crippen LogP contribution is 2.16. The van der Waals surface area contributed by atoms with E-state index in [4.69, 9.17) is 5.41 Å². The van der Waals surface area contributed by atoms with Crippen molar-refractivity contribution in [1.29, 1.82) is 5.41 Å². The number of nitrogens with zero attached hydrogens (tertiary/aromatic N) is 1. The van der Waals surface area contributed by atoms with Crippen LogP contribution in [0, 0.1) is 5.41 Å². The maximum atomic E-state index is 7.84. The third kappa shape index (κ3) is 3.02. The zero-order chi connectivity index (χ0) is 9.68. The summed E-state index contributed by atoms with van der Waals surface area (Å²) in [7, 11) is 0. The molecule has 0 aromatic carbocycles. The van der Waals surface area contributed by atoms with Crippen molar-refractivity contribution in [3.63, 3.8) is 0 Å². The Hall–Kier alpha value is -0.530. The van der Waals surface area contributed by atoms with Gasteiger partial charge in [0.2, 0.25) is 0 Å². The standard InChI is InChI=1S/C11H22N2/c1-3-4-7-10(2)13-9-6-5-8-11(13)12/h10,12H,3-9H2,1-2H3. The zero-order valence-corrected chi connectivity index (χ0v) is 8.97. The molecule has 1 unspecified atom stereocenters. The average molecular weight is 182 g/mol. The van der Waals surface area contributed by atoms with Crippen LogP contribution in [0.25, 0.3) is 0 Å². The number of nitrogens with one attached hydrogen (secondary N) is 1. The highest BCUT2D eigenvalue weighted by atomic mass is 15.2. The molecule has 0 aromatic rings. The van der Waals surface area contributed by atoms with E-state index in [0.29, 0.717) is 6.04 Å². The summed E-state index contributed by atoms with van der Waals surface area (Å²) in [6.45, 7) is 5.60. The van der Waals surface area contributed by atoms with Crippen LogP contribution < -0.4 is 0 Å². The van der Waals surface area contributed by atoms with Crippen LogP contribution in [0.1, 0.15) is 52.4 Å². The number of likely N-dealkylation sites (tertiary alicyclic amines) is 1. The van der Waals surface area contributed by atoms with Gasteiger partial charge >= 0.3 is 0 Å². The van der Waals surface area contributed by atoms with Crippen molar-refractivity contribution in [2.75, 3.05) is 6.54 Å². The first-order valence-electron chi connectivity index (χ1n) is 5.59. The Morgan fingerprint density at radius 3 is 2.85 bits per heavy atom. The van der Waals surface area contributed by atoms with E-state index in [1.165, 1.54) is 32.1 Å². The van der Waals surface area contributed by atoms with Gasteiger partial charge in [0, 0.05) is 19.0 Å². The first kappa shape index (κ1) is 10.6. The third-order valence-electron chi connectivity index (χ3n) is 2.92. The fourth-order valence-electron chi connectivity index (χ4n) is 1.99. The normalized spacial score (nSPS) is 20.5. The smallest absolute Gasteiger partial charge is 0.0960 e. The van der Waals surface area contributed by atoms with Crippen molar-refractivity contribution in [2.45, 2.75) is 58.4 Å². The largest absolute Gasteiger partial charge is 0.358 e. The molecule has 1 heterocycles. The van der Waals surface area contributed by atoms with Crippen LogP contribution in [0.5, 0.6) is 0 Å². The topological polar surface area (TPSA) is 27.1 Å². The summed E-state index contributed by atoms with van der Waals surface area (Å²) < 4.78 is 0. The molecule has 0 radical (unpaired) electrons. The number of hydrogen-bond acceptors (Lipinski definition) is 1. The van der Waals surface area contributed by atoms with Crippen molar-refractivity contribution in [3.05, 3.63) is 0 Å². The lowest BCUT2D eigenvalue weighted by Gasteiger charge is -2.34. The second-order valence-electron chi connectivity index (χ2n) is 4.09. The van der Waals surface area contributed by atoms with Crippen LogP contribution in [0.2, 0.25) is 0 Å². The van der Waals surface area contributed by atoms with Gasteiger partial charge in [0.25, 0.3) is 0 Å². The molecular formula is C11H22N2. The van der Waals surface area contributed by atoms with E-state index >= 15 is 0 Å². The van der Waals surface area contributed by atoms with Crippen molar-refractivity contribution in [2.24, 2.45) is 0 Å². The molecule has 0 amide bonds. The molecule has 1 atom stereocenters. The first-order chi connectivity index (χ1) is 6.25. The van der Waals surface area contributed by atoms with Gasteiger partial charge in [-0.15, -0.1) is 0 Å². The van der Waals surface area contributed by atoms with Crippen LogP contribution in [0.4, 0.5) is 0 Å². The number of amidine groups is 1. The Bertz CT molecular complexity index is 165. The molecule has 1 rings (SSSR count). The molecule has 0 aromatic heterocycles. The summed E-state index contributed by atoms with van der Waals surface area (Å²) in [5.74, 6) is 0.870. The van der Waals surface area contributed by atoms with E-state index in [2.05, 4.69) is 18.7 Å². The van der Waals surface area contributed by atoms with E-state index < -0.39 is 0 Å². The SMILES string of the molecule is CCCCC(C)N1CCCCC1=N. The predicted octanol–water partition coefficient (Wildman–Crippen LogP) is 3.03. The molecule has 2 nitrogen and oxygen atoms in total. The Kier molecular flexibility index (Phi) is 4.26. The molecule has 0 saturated carbocycles. The van der Waals surface area contributed by atoms with Crippen molar-refractivity contribution in [3.8, 4) is 0 Å². The molecule has 1 N–H and O–H groups in total. The van der Waals surface area contributed by atoms with E-state index in [1.807, 2.05) is 0 Å². The highest BCUT2D eigenvalue weighted by Gasteiger charge is 2.19. The van der Waals surface area contributed by atoms with Gasteiger partial charge in [0.1, 0.15) is 0 Å². The van der Waals surface area contributed by atoms with E-state index in [0.717, 1.165) is 18.8 Å². The Morgan fingerprint density at radius 2 is 2.23 bits per heavy atom. The van der Waals surface area contributed by atoms with Gasteiger partial charge < -0.3 is 4.90 Å². The Labute approximate surface area is 81.8 Å². The molecule has 76 valence electrons. The van der Waals surface area contributed by atoms with Crippen LogP contribution in [0.15, 0.2) is 0 Å². The van der Waals surface area contributed by atoms with E-state index in [-0.39, 0.29) is 0 Å². The summed E-state index contributed by atoms with van der Waals surface area (Å²) in [4.78, 5) is 2.29. The van der Waals surface area contributed by atoms with Crippen molar-refractivity contribution in [1.82, 2.24) is 4.90 Å². The fourth-order valence-corrected chi connectivity index (χ4v) is 1.99. The second kappa shape index (κ2) is 5.25. The molecule has 1 aliphatic rings. The molecule has 2 heteroatoms. The molecule has 0 aliphatic carbocycles. The number of hydrogen-bond donors (Lipinski definition) is 1. The number of rotatable bonds is 4. The van der Waals surface area contributed by atoms with Gasteiger partial charge in [0.15, 0.2) is 0 Å². The summed E-state index contributed by atoms with van der Waals surface area (Å²) in [5.41, 5.74) is 0.